The lowest BCUT2D eigenvalue weighted by Crippen LogP contribution is -2.48. The van der Waals surface area contributed by atoms with Gasteiger partial charge in [-0.2, -0.15) is 9.94 Å². The van der Waals surface area contributed by atoms with E-state index in [0.717, 1.165) is 60.9 Å². The van der Waals surface area contributed by atoms with E-state index in [1.807, 2.05) is 41.1 Å². The number of hydrogen-bond donors (Lipinski definition) is 0. The SMILES string of the molecule is Cc1cccc(C)c1-n1nnnc1[C@H](c1ccccc1C#N)N1CCN(C/C=C/c2ccccc2)CC1. The average molecular weight is 490 g/mol. The van der Waals surface area contributed by atoms with Gasteiger partial charge in [0.15, 0.2) is 5.82 Å². The highest BCUT2D eigenvalue weighted by Gasteiger charge is 2.32. The van der Waals surface area contributed by atoms with E-state index in [-0.39, 0.29) is 6.04 Å². The highest BCUT2D eigenvalue weighted by Crippen LogP contribution is 2.32. The molecular formula is C30H31N7. The molecule has 4 aromatic rings. The predicted octanol–water partition coefficient (Wildman–Crippen LogP) is 4.57. The lowest BCUT2D eigenvalue weighted by molar-refractivity contribution is 0.113. The molecule has 0 amide bonds. The molecule has 0 N–H and O–H groups in total. The third kappa shape index (κ3) is 5.36. The first-order valence-electron chi connectivity index (χ1n) is 12.7. The van der Waals surface area contributed by atoms with Gasteiger partial charge in [0, 0.05) is 32.7 Å². The maximum Gasteiger partial charge on any atom is 0.178 e. The molecule has 0 bridgehead atoms. The molecule has 37 heavy (non-hydrogen) atoms. The predicted molar refractivity (Wildman–Crippen MR) is 145 cm³/mol. The first-order valence-corrected chi connectivity index (χ1v) is 12.7. The fraction of sp³-hybridized carbons (Fsp3) is 0.267. The van der Waals surface area contributed by atoms with Crippen molar-refractivity contribution in [3.63, 3.8) is 0 Å². The molecule has 3 aromatic carbocycles. The Hall–Kier alpha value is -4.12. The van der Waals surface area contributed by atoms with E-state index < -0.39 is 0 Å². The van der Waals surface area contributed by atoms with Crippen molar-refractivity contribution in [3.05, 3.63) is 113 Å². The van der Waals surface area contributed by atoms with Crippen LogP contribution >= 0.6 is 0 Å². The summed E-state index contributed by atoms with van der Waals surface area (Å²) < 4.78 is 1.86. The monoisotopic (exact) mass is 489 g/mol. The van der Waals surface area contributed by atoms with Gasteiger partial charge in [0.2, 0.25) is 0 Å². The molecule has 1 atom stereocenters. The fourth-order valence-corrected chi connectivity index (χ4v) is 5.11. The van der Waals surface area contributed by atoms with Crippen molar-refractivity contribution in [2.75, 3.05) is 32.7 Å². The summed E-state index contributed by atoms with van der Waals surface area (Å²) in [5.41, 5.74) is 6.01. The number of rotatable bonds is 7. The zero-order valence-electron chi connectivity index (χ0n) is 21.3. The Morgan fingerprint density at radius 1 is 0.892 bits per heavy atom. The van der Waals surface area contributed by atoms with Crippen molar-refractivity contribution in [1.82, 2.24) is 30.0 Å². The second-order valence-corrected chi connectivity index (χ2v) is 9.44. The van der Waals surface area contributed by atoms with E-state index in [1.54, 1.807) is 0 Å². The second kappa shape index (κ2) is 11.3. The number of piperazine rings is 1. The number of nitrogens with zero attached hydrogens (tertiary/aromatic N) is 7. The molecule has 7 nitrogen and oxygen atoms in total. The molecule has 1 saturated heterocycles. The van der Waals surface area contributed by atoms with Crippen molar-refractivity contribution in [3.8, 4) is 11.8 Å². The number of hydrogen-bond acceptors (Lipinski definition) is 6. The summed E-state index contributed by atoms with van der Waals surface area (Å²) in [7, 11) is 0. The maximum atomic E-state index is 9.93. The van der Waals surface area contributed by atoms with Crippen LogP contribution < -0.4 is 0 Å². The van der Waals surface area contributed by atoms with Gasteiger partial charge in [-0.05, 0) is 52.6 Å². The molecule has 1 aromatic heterocycles. The summed E-state index contributed by atoms with van der Waals surface area (Å²) in [6, 6.07) is 26.5. The van der Waals surface area contributed by atoms with Gasteiger partial charge < -0.3 is 0 Å². The zero-order chi connectivity index (χ0) is 25.6. The van der Waals surface area contributed by atoms with Crippen LogP contribution in [0.1, 0.15) is 39.7 Å². The molecule has 1 aliphatic rings. The smallest absolute Gasteiger partial charge is 0.178 e. The van der Waals surface area contributed by atoms with E-state index in [4.69, 9.17) is 0 Å². The van der Waals surface area contributed by atoms with Crippen LogP contribution in [0.4, 0.5) is 0 Å². The first kappa shape index (κ1) is 24.6. The fourth-order valence-electron chi connectivity index (χ4n) is 5.11. The standard InChI is InChI=1S/C30H31N7/c1-23-10-8-11-24(2)28(23)37-30(32-33-34-37)29(27-16-7-6-15-26(27)22-31)36-20-18-35(19-21-36)17-9-14-25-12-4-3-5-13-25/h3-16,29H,17-21H2,1-2H3/b14-9+/t29-/m0/s1. The molecule has 0 spiro atoms. The van der Waals surface area contributed by atoms with E-state index >= 15 is 0 Å². The van der Waals surface area contributed by atoms with Crippen molar-refractivity contribution < 1.29 is 0 Å². The molecule has 0 saturated carbocycles. The van der Waals surface area contributed by atoms with Crippen LogP contribution in [-0.4, -0.2) is 62.7 Å². The summed E-state index contributed by atoms with van der Waals surface area (Å²) in [4.78, 5) is 4.86. The summed E-state index contributed by atoms with van der Waals surface area (Å²) in [5, 5.41) is 23.0. The molecular weight excluding hydrogens is 458 g/mol. The largest absolute Gasteiger partial charge is 0.297 e. The van der Waals surface area contributed by atoms with Crippen LogP contribution in [0.5, 0.6) is 0 Å². The molecule has 186 valence electrons. The van der Waals surface area contributed by atoms with Crippen LogP contribution in [0.15, 0.2) is 78.9 Å². The van der Waals surface area contributed by atoms with Crippen LogP contribution in [0.25, 0.3) is 11.8 Å². The number of aromatic nitrogens is 4. The van der Waals surface area contributed by atoms with Crippen LogP contribution in [0, 0.1) is 25.2 Å². The Balaban J connectivity index is 1.43. The van der Waals surface area contributed by atoms with Gasteiger partial charge in [0.1, 0.15) is 0 Å². The van der Waals surface area contributed by atoms with Crippen LogP contribution in [0.2, 0.25) is 0 Å². The topological polar surface area (TPSA) is 73.9 Å². The lowest BCUT2D eigenvalue weighted by atomic mass is 9.97. The summed E-state index contributed by atoms with van der Waals surface area (Å²) >= 11 is 0. The molecule has 0 aliphatic carbocycles. The quantitative estimate of drug-likeness (QED) is 0.379. The van der Waals surface area contributed by atoms with Crippen molar-refractivity contribution in [2.24, 2.45) is 0 Å². The molecule has 7 heteroatoms. The van der Waals surface area contributed by atoms with Gasteiger partial charge in [-0.1, -0.05) is 78.9 Å². The van der Waals surface area contributed by atoms with E-state index in [1.165, 1.54) is 5.56 Å². The summed E-state index contributed by atoms with van der Waals surface area (Å²) in [6.07, 6.45) is 4.41. The van der Waals surface area contributed by atoms with Gasteiger partial charge in [0.05, 0.1) is 23.4 Å². The van der Waals surface area contributed by atoms with Crippen LogP contribution in [0.3, 0.4) is 0 Å². The van der Waals surface area contributed by atoms with E-state index in [9.17, 15) is 5.26 Å². The molecule has 1 fully saturated rings. The van der Waals surface area contributed by atoms with Crippen molar-refractivity contribution >= 4 is 6.08 Å². The van der Waals surface area contributed by atoms with Gasteiger partial charge >= 0.3 is 0 Å². The van der Waals surface area contributed by atoms with E-state index in [2.05, 4.69) is 93.8 Å². The number of nitriles is 1. The summed E-state index contributed by atoms with van der Waals surface area (Å²) in [6.45, 7) is 8.61. The van der Waals surface area contributed by atoms with Gasteiger partial charge in [-0.25, -0.2) is 0 Å². The van der Waals surface area contributed by atoms with Gasteiger partial charge in [-0.3, -0.25) is 9.80 Å². The maximum absolute atomic E-state index is 9.93. The lowest BCUT2D eigenvalue weighted by Gasteiger charge is -2.38. The van der Waals surface area contributed by atoms with Crippen molar-refractivity contribution in [2.45, 2.75) is 19.9 Å². The Morgan fingerprint density at radius 2 is 1.59 bits per heavy atom. The minimum atomic E-state index is -0.230. The average Bonchev–Trinajstić information content (AvgIpc) is 3.39. The highest BCUT2D eigenvalue weighted by molar-refractivity contribution is 5.49. The van der Waals surface area contributed by atoms with Crippen LogP contribution in [-0.2, 0) is 0 Å². The Labute approximate surface area is 218 Å². The number of tetrazole rings is 1. The zero-order valence-corrected chi connectivity index (χ0v) is 21.3. The third-order valence-electron chi connectivity index (χ3n) is 7.01. The van der Waals surface area contributed by atoms with Gasteiger partial charge in [-0.15, -0.1) is 5.10 Å². The third-order valence-corrected chi connectivity index (χ3v) is 7.01. The Bertz CT molecular complexity index is 1390. The highest BCUT2D eigenvalue weighted by atomic mass is 15.6. The normalized spacial score (nSPS) is 15.6. The minimum absolute atomic E-state index is 0.230. The summed E-state index contributed by atoms with van der Waals surface area (Å²) in [5.74, 6) is 0.734. The second-order valence-electron chi connectivity index (χ2n) is 9.44. The van der Waals surface area contributed by atoms with E-state index in [0.29, 0.717) is 5.56 Å². The van der Waals surface area contributed by atoms with Gasteiger partial charge in [0.25, 0.3) is 0 Å². The molecule has 1 aliphatic heterocycles. The molecule has 0 unspecified atom stereocenters. The Morgan fingerprint density at radius 3 is 2.32 bits per heavy atom. The molecule has 0 radical (unpaired) electrons. The number of para-hydroxylation sites is 1. The number of benzene rings is 3. The molecule has 2 heterocycles. The Kier molecular flexibility index (Phi) is 7.50. The minimum Gasteiger partial charge on any atom is -0.297 e. The van der Waals surface area contributed by atoms with Crippen molar-refractivity contribution in [1.29, 1.82) is 5.26 Å². The number of aryl methyl sites for hydroxylation is 2. The first-order chi connectivity index (χ1) is 18.2. The molecule has 5 rings (SSSR count).